The highest BCUT2D eigenvalue weighted by Crippen LogP contribution is 2.40. The number of hydrogen-bond donors (Lipinski definition) is 1. The summed E-state index contributed by atoms with van der Waals surface area (Å²) in [5, 5.41) is 0. The molecule has 2 N–H and O–H groups in total. The molecule has 3 aliphatic rings. The Hall–Kier alpha value is -0.120. The zero-order chi connectivity index (χ0) is 14.9. The number of piperidine rings is 2. The molecule has 0 bridgehead atoms. The van der Waals surface area contributed by atoms with Gasteiger partial charge in [0.2, 0.25) is 0 Å². The summed E-state index contributed by atoms with van der Waals surface area (Å²) in [5.74, 6) is 0.728. The predicted octanol–water partition coefficient (Wildman–Crippen LogP) is 2.70. The van der Waals surface area contributed by atoms with Gasteiger partial charge in [-0.05, 0) is 76.0 Å². The standard InChI is InChI=1S/C18H35N3/c1-18(2)9-6-15(17(18)19)14-20-12-7-16(8-13-20)21-10-4-3-5-11-21/h15-17H,3-14,19H2,1-2H3. The molecule has 0 amide bonds. The van der Waals surface area contributed by atoms with Crippen molar-refractivity contribution in [3.63, 3.8) is 0 Å². The minimum Gasteiger partial charge on any atom is -0.327 e. The summed E-state index contributed by atoms with van der Waals surface area (Å²) in [4.78, 5) is 5.47. The van der Waals surface area contributed by atoms with E-state index in [1.807, 2.05) is 0 Å². The van der Waals surface area contributed by atoms with Crippen LogP contribution in [-0.4, -0.2) is 54.6 Å². The normalized spacial score (nSPS) is 36.1. The third-order valence-electron chi connectivity index (χ3n) is 6.53. The topological polar surface area (TPSA) is 32.5 Å². The molecule has 2 atom stereocenters. The molecule has 2 unspecified atom stereocenters. The van der Waals surface area contributed by atoms with Crippen LogP contribution in [0.3, 0.4) is 0 Å². The Bertz CT molecular complexity index is 327. The van der Waals surface area contributed by atoms with E-state index in [1.54, 1.807) is 0 Å². The monoisotopic (exact) mass is 293 g/mol. The molecule has 3 heteroatoms. The summed E-state index contributed by atoms with van der Waals surface area (Å²) in [6, 6.07) is 1.27. The third-order valence-corrected chi connectivity index (χ3v) is 6.53. The van der Waals surface area contributed by atoms with Gasteiger partial charge in [-0.25, -0.2) is 0 Å². The lowest BCUT2D eigenvalue weighted by atomic mass is 9.85. The van der Waals surface area contributed by atoms with Crippen LogP contribution in [0.4, 0.5) is 0 Å². The summed E-state index contributed by atoms with van der Waals surface area (Å²) in [5.41, 5.74) is 6.84. The molecular formula is C18H35N3. The molecule has 3 nitrogen and oxygen atoms in total. The van der Waals surface area contributed by atoms with Gasteiger partial charge in [0.15, 0.2) is 0 Å². The molecule has 21 heavy (non-hydrogen) atoms. The molecule has 0 aromatic carbocycles. The number of nitrogens with zero attached hydrogens (tertiary/aromatic N) is 2. The lowest BCUT2D eigenvalue weighted by molar-refractivity contribution is 0.0829. The van der Waals surface area contributed by atoms with E-state index in [0.717, 1.165) is 12.0 Å². The molecule has 1 saturated carbocycles. The molecular weight excluding hydrogens is 258 g/mol. The fourth-order valence-electron chi connectivity index (χ4n) is 4.83. The molecule has 2 saturated heterocycles. The molecule has 0 aromatic rings. The van der Waals surface area contributed by atoms with Crippen LogP contribution in [0.1, 0.15) is 58.8 Å². The van der Waals surface area contributed by atoms with Gasteiger partial charge in [0.25, 0.3) is 0 Å². The largest absolute Gasteiger partial charge is 0.327 e. The van der Waals surface area contributed by atoms with Crippen LogP contribution in [-0.2, 0) is 0 Å². The quantitative estimate of drug-likeness (QED) is 0.868. The van der Waals surface area contributed by atoms with E-state index in [1.165, 1.54) is 77.7 Å². The first-order chi connectivity index (χ1) is 10.1. The van der Waals surface area contributed by atoms with Crippen molar-refractivity contribution in [1.29, 1.82) is 0 Å². The first-order valence-corrected chi connectivity index (χ1v) is 9.28. The number of likely N-dealkylation sites (tertiary alicyclic amines) is 2. The van der Waals surface area contributed by atoms with Crippen LogP contribution in [0.15, 0.2) is 0 Å². The van der Waals surface area contributed by atoms with Crippen LogP contribution < -0.4 is 5.73 Å². The second-order valence-corrected chi connectivity index (χ2v) is 8.44. The average molecular weight is 293 g/mol. The highest BCUT2D eigenvalue weighted by Gasteiger charge is 2.40. The summed E-state index contributed by atoms with van der Waals surface area (Å²) in [6.07, 6.45) is 9.70. The van der Waals surface area contributed by atoms with E-state index in [0.29, 0.717) is 11.5 Å². The molecule has 3 rings (SSSR count). The second kappa shape index (κ2) is 6.55. The molecule has 2 aliphatic heterocycles. The molecule has 1 aliphatic carbocycles. The first-order valence-electron chi connectivity index (χ1n) is 9.28. The Morgan fingerprint density at radius 1 is 0.952 bits per heavy atom. The first kappa shape index (κ1) is 15.8. The Morgan fingerprint density at radius 2 is 1.62 bits per heavy atom. The van der Waals surface area contributed by atoms with Crippen LogP contribution in [0.25, 0.3) is 0 Å². The minimum absolute atomic E-state index is 0.358. The lowest BCUT2D eigenvalue weighted by Crippen LogP contribution is -2.49. The van der Waals surface area contributed by atoms with Gasteiger partial charge in [-0.1, -0.05) is 20.3 Å². The molecule has 3 fully saturated rings. The molecule has 122 valence electrons. The smallest absolute Gasteiger partial charge is 0.0131 e. The molecule has 2 heterocycles. The fraction of sp³-hybridized carbons (Fsp3) is 1.00. The summed E-state index contributed by atoms with van der Waals surface area (Å²) < 4.78 is 0. The van der Waals surface area contributed by atoms with E-state index < -0.39 is 0 Å². The second-order valence-electron chi connectivity index (χ2n) is 8.44. The zero-order valence-corrected chi connectivity index (χ0v) is 14.2. The average Bonchev–Trinajstić information content (AvgIpc) is 2.76. The van der Waals surface area contributed by atoms with Crippen molar-refractivity contribution in [1.82, 2.24) is 9.80 Å². The van der Waals surface area contributed by atoms with Crippen molar-refractivity contribution >= 4 is 0 Å². The SMILES string of the molecule is CC1(C)CCC(CN2CCC(N3CCCCC3)CC2)C1N. The lowest BCUT2D eigenvalue weighted by Gasteiger charge is -2.41. The van der Waals surface area contributed by atoms with Crippen molar-refractivity contribution in [3.8, 4) is 0 Å². The summed E-state index contributed by atoms with van der Waals surface area (Å²) in [7, 11) is 0. The van der Waals surface area contributed by atoms with E-state index in [2.05, 4.69) is 23.6 Å². The maximum absolute atomic E-state index is 6.48. The van der Waals surface area contributed by atoms with Gasteiger partial charge in [0.05, 0.1) is 0 Å². The van der Waals surface area contributed by atoms with E-state index in [4.69, 9.17) is 5.73 Å². The van der Waals surface area contributed by atoms with Crippen LogP contribution in [0.5, 0.6) is 0 Å². The molecule has 0 spiro atoms. The Kier molecular flexibility index (Phi) is 4.92. The fourth-order valence-corrected chi connectivity index (χ4v) is 4.83. The zero-order valence-electron chi connectivity index (χ0n) is 14.2. The minimum atomic E-state index is 0.358. The van der Waals surface area contributed by atoms with E-state index in [-0.39, 0.29) is 0 Å². The predicted molar refractivity (Wildman–Crippen MR) is 89.4 cm³/mol. The van der Waals surface area contributed by atoms with Gasteiger partial charge in [0, 0.05) is 18.6 Å². The maximum Gasteiger partial charge on any atom is 0.0131 e. The van der Waals surface area contributed by atoms with E-state index >= 15 is 0 Å². The van der Waals surface area contributed by atoms with Gasteiger partial charge in [-0.2, -0.15) is 0 Å². The number of rotatable bonds is 3. The van der Waals surface area contributed by atoms with Gasteiger partial charge < -0.3 is 15.5 Å². The highest BCUT2D eigenvalue weighted by molar-refractivity contribution is 4.95. The Labute approximate surface area is 131 Å². The Morgan fingerprint density at radius 3 is 2.19 bits per heavy atom. The van der Waals surface area contributed by atoms with Crippen LogP contribution in [0, 0.1) is 11.3 Å². The van der Waals surface area contributed by atoms with Crippen molar-refractivity contribution in [2.75, 3.05) is 32.7 Å². The van der Waals surface area contributed by atoms with Crippen molar-refractivity contribution < 1.29 is 0 Å². The molecule has 0 aromatic heterocycles. The van der Waals surface area contributed by atoms with Crippen molar-refractivity contribution in [2.45, 2.75) is 70.9 Å². The third kappa shape index (κ3) is 3.62. The number of nitrogens with two attached hydrogens (primary N) is 1. The highest BCUT2D eigenvalue weighted by atomic mass is 15.2. The molecule has 0 radical (unpaired) electrons. The van der Waals surface area contributed by atoms with Crippen molar-refractivity contribution in [2.24, 2.45) is 17.1 Å². The van der Waals surface area contributed by atoms with Gasteiger partial charge in [-0.3, -0.25) is 0 Å². The Balaban J connectivity index is 1.44. The van der Waals surface area contributed by atoms with Gasteiger partial charge in [-0.15, -0.1) is 0 Å². The van der Waals surface area contributed by atoms with Crippen LogP contribution >= 0.6 is 0 Å². The van der Waals surface area contributed by atoms with Gasteiger partial charge in [0.1, 0.15) is 0 Å². The summed E-state index contributed by atoms with van der Waals surface area (Å²) in [6.45, 7) is 11.2. The number of hydrogen-bond acceptors (Lipinski definition) is 3. The van der Waals surface area contributed by atoms with Crippen LogP contribution in [0.2, 0.25) is 0 Å². The van der Waals surface area contributed by atoms with Gasteiger partial charge >= 0.3 is 0 Å². The maximum atomic E-state index is 6.48. The van der Waals surface area contributed by atoms with E-state index in [9.17, 15) is 0 Å². The summed E-state index contributed by atoms with van der Waals surface area (Å²) >= 11 is 0. The van der Waals surface area contributed by atoms with Crippen molar-refractivity contribution in [3.05, 3.63) is 0 Å².